The van der Waals surface area contributed by atoms with Gasteiger partial charge in [0.15, 0.2) is 0 Å². The maximum absolute atomic E-state index is 13.2. The maximum Gasteiger partial charge on any atom is 0.241 e. The van der Waals surface area contributed by atoms with E-state index in [0.717, 1.165) is 37.1 Å². The lowest BCUT2D eigenvalue weighted by molar-refractivity contribution is -0.123. The molecule has 2 aromatic rings. The second-order valence-electron chi connectivity index (χ2n) is 6.53. The number of halogens is 1. The molecule has 1 aliphatic carbocycles. The van der Waals surface area contributed by atoms with Crippen LogP contribution in [0.25, 0.3) is 0 Å². The summed E-state index contributed by atoms with van der Waals surface area (Å²) in [6, 6.07) is 6.05. The Kier molecular flexibility index (Phi) is 4.02. The molecule has 7 heteroatoms. The minimum absolute atomic E-state index is 0.0477. The van der Waals surface area contributed by atoms with Gasteiger partial charge in [-0.05, 0) is 37.0 Å². The van der Waals surface area contributed by atoms with Gasteiger partial charge in [-0.2, -0.15) is 5.10 Å². The second-order valence-corrected chi connectivity index (χ2v) is 6.53. The number of carbonyl (C=O) groups excluding carboxylic acids is 1. The molecular weight excluding hydrogens is 309 g/mol. The van der Waals surface area contributed by atoms with Crippen LogP contribution in [-0.2, 0) is 17.8 Å². The number of hydrogen-bond donors (Lipinski definition) is 2. The summed E-state index contributed by atoms with van der Waals surface area (Å²) in [5.41, 5.74) is 0.777. The first-order valence-corrected chi connectivity index (χ1v) is 8.37. The van der Waals surface area contributed by atoms with Crippen molar-refractivity contribution < 1.29 is 9.18 Å². The summed E-state index contributed by atoms with van der Waals surface area (Å²) < 4.78 is 15.1. The summed E-state index contributed by atoms with van der Waals surface area (Å²) in [5.74, 6) is 0.632. The standard InChI is InChI=1S/C17H20FN5O/c18-12-3-1-11(2-4-12)16(17(24)22-13-5-6-13)21-14-7-8-15-19-10-20-23(15)9-14/h1-4,10,13-14,16,21H,5-9H2,(H,22,24)/t14-,16-/m0/s1. The highest BCUT2D eigenvalue weighted by Gasteiger charge is 2.31. The summed E-state index contributed by atoms with van der Waals surface area (Å²) in [5, 5.41) is 10.7. The van der Waals surface area contributed by atoms with Crippen molar-refractivity contribution in [3.8, 4) is 0 Å². The van der Waals surface area contributed by atoms with Gasteiger partial charge in [0.25, 0.3) is 0 Å². The van der Waals surface area contributed by atoms with E-state index in [-0.39, 0.29) is 23.8 Å². The van der Waals surface area contributed by atoms with Crippen LogP contribution in [0.1, 0.15) is 36.7 Å². The van der Waals surface area contributed by atoms with E-state index in [9.17, 15) is 9.18 Å². The molecule has 1 amide bonds. The SMILES string of the molecule is O=C(NC1CC1)[C@@H](N[C@H]1CCc2ncnn2C1)c1ccc(F)cc1. The number of rotatable bonds is 5. The summed E-state index contributed by atoms with van der Waals surface area (Å²) >= 11 is 0. The lowest BCUT2D eigenvalue weighted by Gasteiger charge is -2.28. The Balaban J connectivity index is 1.51. The van der Waals surface area contributed by atoms with Crippen LogP contribution in [0.4, 0.5) is 4.39 Å². The second kappa shape index (κ2) is 6.32. The molecule has 1 aromatic heterocycles. The zero-order chi connectivity index (χ0) is 16.5. The van der Waals surface area contributed by atoms with Crippen LogP contribution in [0, 0.1) is 5.82 Å². The van der Waals surface area contributed by atoms with Crippen LogP contribution in [0.2, 0.25) is 0 Å². The highest BCUT2D eigenvalue weighted by molar-refractivity contribution is 5.83. The number of nitrogens with zero attached hydrogens (tertiary/aromatic N) is 3. The van der Waals surface area contributed by atoms with E-state index in [1.165, 1.54) is 12.1 Å². The van der Waals surface area contributed by atoms with E-state index >= 15 is 0 Å². The Hall–Kier alpha value is -2.28. The molecule has 2 aliphatic rings. The monoisotopic (exact) mass is 329 g/mol. The van der Waals surface area contributed by atoms with Crippen molar-refractivity contribution in [2.45, 2.75) is 50.4 Å². The molecule has 1 aliphatic heterocycles. The third kappa shape index (κ3) is 3.31. The van der Waals surface area contributed by atoms with Crippen molar-refractivity contribution in [2.75, 3.05) is 0 Å². The van der Waals surface area contributed by atoms with Gasteiger partial charge in [-0.1, -0.05) is 12.1 Å². The number of nitrogens with one attached hydrogen (secondary N) is 2. The van der Waals surface area contributed by atoms with Crippen LogP contribution < -0.4 is 10.6 Å². The third-order valence-electron chi connectivity index (χ3n) is 4.60. The zero-order valence-electron chi connectivity index (χ0n) is 13.3. The van der Waals surface area contributed by atoms with Crippen molar-refractivity contribution in [2.24, 2.45) is 0 Å². The molecule has 0 spiro atoms. The van der Waals surface area contributed by atoms with Crippen LogP contribution in [-0.4, -0.2) is 32.8 Å². The number of hydrogen-bond acceptors (Lipinski definition) is 4. The summed E-state index contributed by atoms with van der Waals surface area (Å²) in [7, 11) is 0. The minimum atomic E-state index is -0.485. The number of amides is 1. The largest absolute Gasteiger partial charge is 0.352 e. The Morgan fingerprint density at radius 1 is 1.21 bits per heavy atom. The molecule has 1 fully saturated rings. The summed E-state index contributed by atoms with van der Waals surface area (Å²) in [4.78, 5) is 16.9. The van der Waals surface area contributed by atoms with Crippen molar-refractivity contribution in [3.63, 3.8) is 0 Å². The molecule has 0 radical (unpaired) electrons. The first-order chi connectivity index (χ1) is 11.7. The van der Waals surface area contributed by atoms with E-state index < -0.39 is 6.04 Å². The first kappa shape index (κ1) is 15.3. The Morgan fingerprint density at radius 2 is 2.00 bits per heavy atom. The highest BCUT2D eigenvalue weighted by Crippen LogP contribution is 2.23. The van der Waals surface area contributed by atoms with Crippen LogP contribution in [0.5, 0.6) is 0 Å². The third-order valence-corrected chi connectivity index (χ3v) is 4.60. The Morgan fingerprint density at radius 3 is 2.75 bits per heavy atom. The molecule has 2 atom stereocenters. The van der Waals surface area contributed by atoms with Gasteiger partial charge in [-0.3, -0.25) is 10.1 Å². The molecule has 4 rings (SSSR count). The fourth-order valence-corrected chi connectivity index (χ4v) is 3.10. The molecular formula is C17H20FN5O. The van der Waals surface area contributed by atoms with E-state index in [0.29, 0.717) is 6.54 Å². The van der Waals surface area contributed by atoms with Gasteiger partial charge >= 0.3 is 0 Å². The Bertz CT molecular complexity index is 725. The average Bonchev–Trinajstić information content (AvgIpc) is 3.27. The molecule has 1 saturated carbocycles. The molecule has 6 nitrogen and oxygen atoms in total. The summed E-state index contributed by atoms with van der Waals surface area (Å²) in [6.45, 7) is 0.684. The average molecular weight is 329 g/mol. The lowest BCUT2D eigenvalue weighted by atomic mass is 10.0. The normalized spacial score (nSPS) is 21.1. The number of aromatic nitrogens is 3. The van der Waals surface area contributed by atoms with Crippen molar-refractivity contribution in [1.29, 1.82) is 0 Å². The van der Waals surface area contributed by atoms with Crippen molar-refractivity contribution in [1.82, 2.24) is 25.4 Å². The van der Waals surface area contributed by atoms with E-state index in [2.05, 4.69) is 20.7 Å². The van der Waals surface area contributed by atoms with Gasteiger partial charge in [0.1, 0.15) is 24.0 Å². The minimum Gasteiger partial charge on any atom is -0.352 e. The van der Waals surface area contributed by atoms with Gasteiger partial charge < -0.3 is 5.32 Å². The molecule has 1 aromatic carbocycles. The van der Waals surface area contributed by atoms with E-state index in [1.807, 2.05) is 4.68 Å². The first-order valence-electron chi connectivity index (χ1n) is 8.37. The zero-order valence-corrected chi connectivity index (χ0v) is 13.3. The van der Waals surface area contributed by atoms with Gasteiger partial charge in [0.05, 0.1) is 6.54 Å². The molecule has 0 saturated heterocycles. The maximum atomic E-state index is 13.2. The number of carbonyl (C=O) groups is 1. The number of fused-ring (bicyclic) bond motifs is 1. The van der Waals surface area contributed by atoms with Gasteiger partial charge in [0, 0.05) is 18.5 Å². The van der Waals surface area contributed by atoms with Crippen molar-refractivity contribution >= 4 is 5.91 Å². The summed E-state index contributed by atoms with van der Waals surface area (Å²) in [6.07, 6.45) is 5.36. The number of aryl methyl sites for hydroxylation is 1. The van der Waals surface area contributed by atoms with Gasteiger partial charge in [-0.15, -0.1) is 0 Å². The topological polar surface area (TPSA) is 71.8 Å². The Labute approximate surface area is 139 Å². The molecule has 126 valence electrons. The van der Waals surface area contributed by atoms with Crippen LogP contribution >= 0.6 is 0 Å². The van der Waals surface area contributed by atoms with Crippen molar-refractivity contribution in [3.05, 3.63) is 47.8 Å². The van der Waals surface area contributed by atoms with E-state index in [4.69, 9.17) is 0 Å². The predicted octanol–water partition coefficient (Wildman–Crippen LogP) is 1.34. The molecule has 2 heterocycles. The van der Waals surface area contributed by atoms with Gasteiger partial charge in [0.2, 0.25) is 5.91 Å². The molecule has 2 N–H and O–H groups in total. The lowest BCUT2D eigenvalue weighted by Crippen LogP contribution is -2.46. The molecule has 0 bridgehead atoms. The molecule has 24 heavy (non-hydrogen) atoms. The quantitative estimate of drug-likeness (QED) is 0.868. The van der Waals surface area contributed by atoms with Crippen LogP contribution in [0.3, 0.4) is 0 Å². The fourth-order valence-electron chi connectivity index (χ4n) is 3.10. The number of benzene rings is 1. The van der Waals surface area contributed by atoms with Gasteiger partial charge in [-0.25, -0.2) is 14.1 Å². The predicted molar refractivity (Wildman–Crippen MR) is 85.6 cm³/mol. The van der Waals surface area contributed by atoms with Crippen LogP contribution in [0.15, 0.2) is 30.6 Å². The smallest absolute Gasteiger partial charge is 0.241 e. The fraction of sp³-hybridized carbons (Fsp3) is 0.471. The highest BCUT2D eigenvalue weighted by atomic mass is 19.1. The van der Waals surface area contributed by atoms with E-state index in [1.54, 1.807) is 18.5 Å². The molecule has 0 unspecified atom stereocenters.